The van der Waals surface area contributed by atoms with Crippen LogP contribution < -0.4 is 14.2 Å². The van der Waals surface area contributed by atoms with E-state index in [1.54, 1.807) is 0 Å². The van der Waals surface area contributed by atoms with Gasteiger partial charge in [0.05, 0.1) is 19.1 Å². The van der Waals surface area contributed by atoms with Crippen molar-refractivity contribution in [3.63, 3.8) is 0 Å². The van der Waals surface area contributed by atoms with Gasteiger partial charge in [0.25, 0.3) is 0 Å². The molecule has 1 aliphatic rings. The molecule has 0 saturated heterocycles. The monoisotopic (exact) mass is 420 g/mol. The first-order chi connectivity index (χ1) is 14.3. The standard InChI is InChI=1S/C19H14F2N2O7/c1-27-14-6-4-11(9-13(14)23(25)26)17-22-12(18(24)30-17)7-10-3-5-15(29-19(20)21)16(8-10)28-2/h3-9,19H,1-2H3/b12-7-. The lowest BCUT2D eigenvalue weighted by Crippen LogP contribution is -2.06. The van der Waals surface area contributed by atoms with Crippen LogP contribution in [0.3, 0.4) is 0 Å². The van der Waals surface area contributed by atoms with E-state index in [0.717, 1.165) is 0 Å². The van der Waals surface area contributed by atoms with Crippen molar-refractivity contribution in [1.29, 1.82) is 0 Å². The van der Waals surface area contributed by atoms with Crippen LogP contribution in [0.4, 0.5) is 14.5 Å². The summed E-state index contributed by atoms with van der Waals surface area (Å²) in [4.78, 5) is 26.8. The number of esters is 1. The molecule has 11 heteroatoms. The maximum Gasteiger partial charge on any atom is 0.387 e. The maximum absolute atomic E-state index is 12.4. The van der Waals surface area contributed by atoms with Crippen LogP contribution >= 0.6 is 0 Å². The summed E-state index contributed by atoms with van der Waals surface area (Å²) in [5.74, 6) is -0.996. The van der Waals surface area contributed by atoms with Crippen LogP contribution in [0.1, 0.15) is 11.1 Å². The van der Waals surface area contributed by atoms with Gasteiger partial charge in [-0.2, -0.15) is 8.78 Å². The molecular weight excluding hydrogens is 406 g/mol. The number of hydrogen-bond acceptors (Lipinski definition) is 8. The molecule has 0 radical (unpaired) electrons. The van der Waals surface area contributed by atoms with Crippen molar-refractivity contribution in [1.82, 2.24) is 0 Å². The minimum atomic E-state index is -3.02. The fraction of sp³-hybridized carbons (Fsp3) is 0.158. The summed E-state index contributed by atoms with van der Waals surface area (Å²) in [5.41, 5.74) is 0.210. The Morgan fingerprint density at radius 1 is 1.10 bits per heavy atom. The predicted molar refractivity (Wildman–Crippen MR) is 99.9 cm³/mol. The molecule has 0 amide bonds. The molecule has 0 bridgehead atoms. The second kappa shape index (κ2) is 8.55. The van der Waals surface area contributed by atoms with Crippen molar-refractivity contribution in [2.24, 2.45) is 4.99 Å². The third-order valence-electron chi connectivity index (χ3n) is 3.95. The molecule has 0 spiro atoms. The van der Waals surface area contributed by atoms with Crippen molar-refractivity contribution < 1.29 is 37.4 Å². The zero-order chi connectivity index (χ0) is 21.8. The molecule has 0 unspecified atom stereocenters. The van der Waals surface area contributed by atoms with Gasteiger partial charge in [0.2, 0.25) is 5.90 Å². The van der Waals surface area contributed by atoms with Crippen molar-refractivity contribution in [3.8, 4) is 17.2 Å². The van der Waals surface area contributed by atoms with Gasteiger partial charge in [0, 0.05) is 11.6 Å². The minimum Gasteiger partial charge on any atom is -0.493 e. The van der Waals surface area contributed by atoms with Crippen LogP contribution in [0.15, 0.2) is 47.1 Å². The first kappa shape index (κ1) is 20.7. The quantitative estimate of drug-likeness (QED) is 0.292. The number of ether oxygens (including phenoxy) is 4. The van der Waals surface area contributed by atoms with Gasteiger partial charge in [0.15, 0.2) is 22.9 Å². The van der Waals surface area contributed by atoms with Gasteiger partial charge in [0.1, 0.15) is 0 Å². The molecule has 2 aromatic rings. The molecule has 0 aromatic heterocycles. The smallest absolute Gasteiger partial charge is 0.387 e. The zero-order valence-corrected chi connectivity index (χ0v) is 15.6. The summed E-state index contributed by atoms with van der Waals surface area (Å²) in [6.07, 6.45) is 1.35. The van der Waals surface area contributed by atoms with Gasteiger partial charge >= 0.3 is 18.3 Å². The average Bonchev–Trinajstić information content (AvgIpc) is 3.08. The molecule has 3 rings (SSSR count). The maximum atomic E-state index is 12.4. The van der Waals surface area contributed by atoms with Gasteiger partial charge in [-0.1, -0.05) is 6.07 Å². The van der Waals surface area contributed by atoms with Gasteiger partial charge in [-0.15, -0.1) is 0 Å². The number of nitro benzene ring substituents is 1. The largest absolute Gasteiger partial charge is 0.493 e. The Morgan fingerprint density at radius 3 is 2.43 bits per heavy atom. The average molecular weight is 420 g/mol. The molecule has 0 saturated carbocycles. The van der Waals surface area contributed by atoms with E-state index >= 15 is 0 Å². The van der Waals surface area contributed by atoms with E-state index in [1.165, 1.54) is 56.7 Å². The summed E-state index contributed by atoms with van der Waals surface area (Å²) < 4.78 is 44.2. The number of carbonyl (C=O) groups excluding carboxylic acids is 1. The number of nitro groups is 1. The summed E-state index contributed by atoms with van der Waals surface area (Å²) in [6.45, 7) is -3.02. The SMILES string of the molecule is COc1cc(/C=C2\N=C(c3ccc(OC)c([N+](=O)[O-])c3)OC2=O)ccc1OC(F)F. The number of cyclic esters (lactones) is 1. The van der Waals surface area contributed by atoms with E-state index in [0.29, 0.717) is 5.56 Å². The van der Waals surface area contributed by atoms with E-state index in [2.05, 4.69) is 9.73 Å². The number of aliphatic imine (C=N–C) groups is 1. The summed E-state index contributed by atoms with van der Waals surface area (Å²) in [5, 5.41) is 11.2. The number of rotatable bonds is 7. The molecular formula is C19H14F2N2O7. The normalized spacial score (nSPS) is 14.5. The molecule has 9 nitrogen and oxygen atoms in total. The summed E-state index contributed by atoms with van der Waals surface area (Å²) in [6, 6.07) is 8.05. The van der Waals surface area contributed by atoms with E-state index in [4.69, 9.17) is 14.2 Å². The molecule has 2 aromatic carbocycles. The van der Waals surface area contributed by atoms with Crippen LogP contribution in [0, 0.1) is 10.1 Å². The van der Waals surface area contributed by atoms with Gasteiger partial charge < -0.3 is 18.9 Å². The Kier molecular flexibility index (Phi) is 5.90. The van der Waals surface area contributed by atoms with Crippen molar-refractivity contribution in [2.45, 2.75) is 6.61 Å². The van der Waals surface area contributed by atoms with Crippen molar-refractivity contribution in [2.75, 3.05) is 14.2 Å². The van der Waals surface area contributed by atoms with Crippen LogP contribution in [-0.4, -0.2) is 37.6 Å². The number of benzene rings is 2. The minimum absolute atomic E-state index is 0.0333. The van der Waals surface area contributed by atoms with E-state index in [1.807, 2.05) is 0 Å². The highest BCUT2D eigenvalue weighted by atomic mass is 19.3. The summed E-state index contributed by atoms with van der Waals surface area (Å²) in [7, 11) is 2.57. The van der Waals surface area contributed by atoms with Gasteiger partial charge in [-0.3, -0.25) is 10.1 Å². The third kappa shape index (κ3) is 4.35. The van der Waals surface area contributed by atoms with E-state index < -0.39 is 17.5 Å². The first-order valence-electron chi connectivity index (χ1n) is 8.30. The van der Waals surface area contributed by atoms with Gasteiger partial charge in [-0.05, 0) is 35.9 Å². The first-order valence-corrected chi connectivity index (χ1v) is 8.30. The Bertz CT molecular complexity index is 1070. The number of methoxy groups -OCH3 is 2. The Hall–Kier alpha value is -4.02. The van der Waals surface area contributed by atoms with Crippen LogP contribution in [-0.2, 0) is 9.53 Å². The second-order valence-corrected chi connectivity index (χ2v) is 5.77. The van der Waals surface area contributed by atoms with Gasteiger partial charge in [-0.25, -0.2) is 9.79 Å². The molecule has 0 atom stereocenters. The third-order valence-corrected chi connectivity index (χ3v) is 3.95. The lowest BCUT2D eigenvalue weighted by molar-refractivity contribution is -0.385. The van der Waals surface area contributed by atoms with Crippen LogP contribution in [0.2, 0.25) is 0 Å². The number of halogens is 2. The highest BCUT2D eigenvalue weighted by molar-refractivity contribution is 6.13. The fourth-order valence-electron chi connectivity index (χ4n) is 2.62. The van der Waals surface area contributed by atoms with Crippen molar-refractivity contribution in [3.05, 3.63) is 63.3 Å². The van der Waals surface area contributed by atoms with Crippen LogP contribution in [0.25, 0.3) is 6.08 Å². The molecule has 156 valence electrons. The topological polar surface area (TPSA) is 109 Å². The van der Waals surface area contributed by atoms with Crippen molar-refractivity contribution >= 4 is 23.6 Å². The second-order valence-electron chi connectivity index (χ2n) is 5.77. The lowest BCUT2D eigenvalue weighted by Gasteiger charge is -2.10. The highest BCUT2D eigenvalue weighted by Crippen LogP contribution is 2.32. The molecule has 1 heterocycles. The predicted octanol–water partition coefficient (Wildman–Crippen LogP) is 3.56. The summed E-state index contributed by atoms with van der Waals surface area (Å²) >= 11 is 0. The van der Waals surface area contributed by atoms with Crippen LogP contribution in [0.5, 0.6) is 17.2 Å². The molecule has 0 N–H and O–H groups in total. The Labute approximate surface area is 168 Å². The Morgan fingerprint density at radius 2 is 1.80 bits per heavy atom. The molecule has 30 heavy (non-hydrogen) atoms. The number of carbonyl (C=O) groups is 1. The molecule has 1 aliphatic heterocycles. The lowest BCUT2D eigenvalue weighted by atomic mass is 10.1. The number of alkyl halides is 2. The molecule has 0 fully saturated rings. The zero-order valence-electron chi connectivity index (χ0n) is 15.6. The Balaban J connectivity index is 1.93. The highest BCUT2D eigenvalue weighted by Gasteiger charge is 2.27. The number of nitrogens with zero attached hydrogens (tertiary/aromatic N) is 2. The van der Waals surface area contributed by atoms with E-state index in [-0.39, 0.29) is 40.1 Å². The number of hydrogen-bond donors (Lipinski definition) is 0. The fourth-order valence-corrected chi connectivity index (χ4v) is 2.62. The van der Waals surface area contributed by atoms with E-state index in [9.17, 15) is 23.7 Å². The molecule has 0 aliphatic carbocycles.